The number of benzene rings is 1. The zero-order valence-electron chi connectivity index (χ0n) is 14.1. The van der Waals surface area contributed by atoms with Gasteiger partial charge < -0.3 is 0 Å². The van der Waals surface area contributed by atoms with Crippen molar-refractivity contribution < 1.29 is 13.2 Å². The Morgan fingerprint density at radius 1 is 1.26 bits per heavy atom. The number of carbonyl (C=O) groups is 1. The molecule has 1 aliphatic heterocycles. The summed E-state index contributed by atoms with van der Waals surface area (Å²) in [5, 5.41) is 4.95. The topological polar surface area (TPSA) is 104 Å². The molecule has 0 radical (unpaired) electrons. The van der Waals surface area contributed by atoms with Crippen LogP contribution in [0.1, 0.15) is 22.8 Å². The van der Waals surface area contributed by atoms with Crippen LogP contribution in [-0.2, 0) is 16.4 Å². The molecule has 1 saturated heterocycles. The van der Waals surface area contributed by atoms with E-state index in [1.165, 1.54) is 21.8 Å². The van der Waals surface area contributed by atoms with E-state index in [-0.39, 0.29) is 35.3 Å². The third-order valence-corrected chi connectivity index (χ3v) is 6.62. The molecule has 0 N–H and O–H groups in total. The first-order valence-corrected chi connectivity index (χ1v) is 10.5. The van der Waals surface area contributed by atoms with Crippen LogP contribution in [-0.4, -0.2) is 45.0 Å². The van der Waals surface area contributed by atoms with Crippen LogP contribution in [0.3, 0.4) is 0 Å². The number of aromatic nitrogens is 4. The van der Waals surface area contributed by atoms with Crippen LogP contribution in [0.2, 0.25) is 5.02 Å². The molecule has 0 unspecified atom stereocenters. The molecule has 3 aromatic rings. The minimum Gasteiger partial charge on any atom is -0.292 e. The molecule has 0 saturated carbocycles. The van der Waals surface area contributed by atoms with Crippen LogP contribution < -0.4 is 5.56 Å². The molecular weight excluding hydrogens is 392 g/mol. The van der Waals surface area contributed by atoms with Gasteiger partial charge in [0.1, 0.15) is 11.7 Å². The minimum absolute atomic E-state index is 0.0103. The van der Waals surface area contributed by atoms with E-state index in [1.807, 2.05) is 0 Å². The predicted molar refractivity (Wildman–Crippen MR) is 99.9 cm³/mol. The number of fused-ring (bicyclic) bond motifs is 1. The molecule has 1 aliphatic rings. The monoisotopic (exact) mass is 406 g/mol. The number of ketones is 1. The average molecular weight is 407 g/mol. The first kappa shape index (κ1) is 17.9. The molecule has 3 heterocycles. The average Bonchev–Trinajstić information content (AvgIpc) is 3.21. The molecule has 27 heavy (non-hydrogen) atoms. The highest BCUT2D eigenvalue weighted by molar-refractivity contribution is 7.91. The molecule has 10 heteroatoms. The molecule has 1 fully saturated rings. The van der Waals surface area contributed by atoms with Gasteiger partial charge >= 0.3 is 0 Å². The van der Waals surface area contributed by atoms with Crippen molar-refractivity contribution in [1.29, 1.82) is 0 Å². The van der Waals surface area contributed by atoms with Gasteiger partial charge in [-0.1, -0.05) is 11.6 Å². The molecule has 8 nitrogen and oxygen atoms in total. The SMILES string of the molecule is O=C(Cn1cnc2c(cnn2[C@@H]2CCS(=O)(=O)C2)c1=O)c1ccc(Cl)cc1. The minimum atomic E-state index is -3.08. The van der Waals surface area contributed by atoms with E-state index in [4.69, 9.17) is 11.6 Å². The van der Waals surface area contributed by atoms with Crippen molar-refractivity contribution in [3.05, 3.63) is 57.7 Å². The Bertz CT molecular complexity index is 1200. The summed E-state index contributed by atoms with van der Waals surface area (Å²) in [6.45, 7) is -0.160. The summed E-state index contributed by atoms with van der Waals surface area (Å²) >= 11 is 5.82. The van der Waals surface area contributed by atoms with Crippen LogP contribution in [0, 0.1) is 0 Å². The maximum absolute atomic E-state index is 12.7. The number of halogens is 1. The van der Waals surface area contributed by atoms with Gasteiger partial charge in [-0.15, -0.1) is 0 Å². The summed E-state index contributed by atoms with van der Waals surface area (Å²) in [5.74, 6) is -0.154. The summed E-state index contributed by atoms with van der Waals surface area (Å²) in [4.78, 5) is 29.3. The van der Waals surface area contributed by atoms with Crippen LogP contribution >= 0.6 is 11.6 Å². The van der Waals surface area contributed by atoms with Crippen molar-refractivity contribution >= 4 is 38.3 Å². The molecule has 140 valence electrons. The second-order valence-electron chi connectivity index (χ2n) is 6.49. The van der Waals surface area contributed by atoms with Crippen molar-refractivity contribution in [3.63, 3.8) is 0 Å². The molecule has 0 spiro atoms. The summed E-state index contributed by atoms with van der Waals surface area (Å²) in [6, 6.07) is 6.09. The van der Waals surface area contributed by atoms with Gasteiger partial charge in [-0.2, -0.15) is 5.10 Å². The fourth-order valence-corrected chi connectivity index (χ4v) is 5.01. The number of sulfone groups is 1. The zero-order valence-corrected chi connectivity index (χ0v) is 15.7. The van der Waals surface area contributed by atoms with E-state index in [0.29, 0.717) is 22.7 Å². The maximum Gasteiger partial charge on any atom is 0.264 e. The molecule has 1 atom stereocenters. The van der Waals surface area contributed by atoms with Crippen molar-refractivity contribution in [1.82, 2.24) is 19.3 Å². The van der Waals surface area contributed by atoms with E-state index in [9.17, 15) is 18.0 Å². The number of carbonyl (C=O) groups excluding carboxylic acids is 1. The second-order valence-corrected chi connectivity index (χ2v) is 9.16. The number of hydrogen-bond donors (Lipinski definition) is 0. The molecule has 2 aromatic heterocycles. The molecule has 0 aliphatic carbocycles. The largest absolute Gasteiger partial charge is 0.292 e. The van der Waals surface area contributed by atoms with Gasteiger partial charge in [-0.3, -0.25) is 14.2 Å². The fourth-order valence-electron chi connectivity index (χ4n) is 3.20. The first-order chi connectivity index (χ1) is 12.8. The Labute approximate surface area is 159 Å². The van der Waals surface area contributed by atoms with E-state index in [1.54, 1.807) is 24.3 Å². The van der Waals surface area contributed by atoms with Gasteiger partial charge in [0.2, 0.25) is 0 Å². The van der Waals surface area contributed by atoms with Gasteiger partial charge in [-0.05, 0) is 30.7 Å². The maximum atomic E-state index is 12.7. The van der Waals surface area contributed by atoms with E-state index >= 15 is 0 Å². The van der Waals surface area contributed by atoms with Gasteiger partial charge in [0, 0.05) is 10.6 Å². The van der Waals surface area contributed by atoms with Crippen molar-refractivity contribution in [2.24, 2.45) is 0 Å². The van der Waals surface area contributed by atoms with Crippen molar-refractivity contribution in [2.45, 2.75) is 19.0 Å². The number of rotatable bonds is 4. The third-order valence-electron chi connectivity index (χ3n) is 4.61. The quantitative estimate of drug-likeness (QED) is 0.608. The molecule has 0 amide bonds. The number of nitrogens with zero attached hydrogens (tertiary/aromatic N) is 4. The lowest BCUT2D eigenvalue weighted by atomic mass is 10.1. The lowest BCUT2D eigenvalue weighted by Gasteiger charge is -2.10. The summed E-state index contributed by atoms with van der Waals surface area (Å²) in [6.07, 6.45) is 3.11. The standard InChI is InChI=1S/C17H15ClN4O4S/c18-12-3-1-11(2-4-12)15(23)8-21-10-19-16-14(17(21)24)7-20-22(16)13-5-6-27(25,26)9-13/h1-4,7,10,13H,5-6,8-9H2/t13-/m1/s1. The summed E-state index contributed by atoms with van der Waals surface area (Å²) in [7, 11) is -3.08. The molecule has 0 bridgehead atoms. The highest BCUT2D eigenvalue weighted by Crippen LogP contribution is 2.25. The Hall–Kier alpha value is -2.52. The van der Waals surface area contributed by atoms with Crippen LogP contribution in [0.15, 0.2) is 41.6 Å². The Balaban J connectivity index is 1.64. The highest BCUT2D eigenvalue weighted by Gasteiger charge is 2.31. The van der Waals surface area contributed by atoms with E-state index in [0.717, 1.165) is 0 Å². The lowest BCUT2D eigenvalue weighted by molar-refractivity contribution is 0.0970. The highest BCUT2D eigenvalue weighted by atomic mass is 35.5. The van der Waals surface area contributed by atoms with Gasteiger partial charge in [0.25, 0.3) is 5.56 Å². The molecule has 4 rings (SSSR count). The van der Waals surface area contributed by atoms with Gasteiger partial charge in [0.15, 0.2) is 21.3 Å². The second kappa shape index (κ2) is 6.58. The van der Waals surface area contributed by atoms with Crippen molar-refractivity contribution in [2.75, 3.05) is 11.5 Å². The summed E-state index contributed by atoms with van der Waals surface area (Å²) in [5.41, 5.74) is 0.380. The van der Waals surface area contributed by atoms with Crippen molar-refractivity contribution in [3.8, 4) is 0 Å². The normalized spacial score (nSPS) is 18.8. The predicted octanol–water partition coefficient (Wildman–Crippen LogP) is 1.49. The van der Waals surface area contributed by atoms with Crippen LogP contribution in [0.25, 0.3) is 11.0 Å². The molecule has 1 aromatic carbocycles. The Kier molecular flexibility index (Phi) is 4.35. The zero-order chi connectivity index (χ0) is 19.2. The Morgan fingerprint density at radius 3 is 2.67 bits per heavy atom. The fraction of sp³-hybridized carbons (Fsp3) is 0.294. The smallest absolute Gasteiger partial charge is 0.264 e. The molecular formula is C17H15ClN4O4S. The van der Waals surface area contributed by atoms with Crippen LogP contribution in [0.5, 0.6) is 0 Å². The van der Waals surface area contributed by atoms with E-state index < -0.39 is 15.4 Å². The van der Waals surface area contributed by atoms with Gasteiger partial charge in [-0.25, -0.2) is 18.1 Å². The van der Waals surface area contributed by atoms with Crippen LogP contribution in [0.4, 0.5) is 0 Å². The number of hydrogen-bond acceptors (Lipinski definition) is 6. The lowest BCUT2D eigenvalue weighted by Crippen LogP contribution is -2.25. The third kappa shape index (κ3) is 3.40. The number of Topliss-reactive ketones (excluding diaryl/α,β-unsaturated/α-hetero) is 1. The Morgan fingerprint density at radius 2 is 2.00 bits per heavy atom. The summed E-state index contributed by atoms with van der Waals surface area (Å²) < 4.78 is 26.1. The first-order valence-electron chi connectivity index (χ1n) is 8.26. The van der Waals surface area contributed by atoms with Gasteiger partial charge in [0.05, 0.1) is 30.3 Å². The van der Waals surface area contributed by atoms with E-state index in [2.05, 4.69) is 10.1 Å².